The van der Waals surface area contributed by atoms with E-state index in [1.807, 2.05) is 0 Å². The first kappa shape index (κ1) is 4.32. The van der Waals surface area contributed by atoms with Crippen LogP contribution in [-0.2, 0) is 9.53 Å². The summed E-state index contributed by atoms with van der Waals surface area (Å²) < 4.78 is 4.81. The lowest BCUT2D eigenvalue weighted by molar-refractivity contribution is -0.145. The Bertz CT molecular complexity index is 134. The zero-order valence-corrected chi connectivity index (χ0v) is 4.39. The first-order chi connectivity index (χ1) is 3.86. The van der Waals surface area contributed by atoms with Gasteiger partial charge in [-0.05, 0) is 6.42 Å². The second-order valence-electron chi connectivity index (χ2n) is 2.22. The molecule has 8 heavy (non-hydrogen) atoms. The number of carbonyl (C=O) groups excluding carboxylic acids is 1. The molecule has 0 saturated carbocycles. The number of fused-ring (bicyclic) bond motifs is 2. The van der Waals surface area contributed by atoms with Gasteiger partial charge in [0.1, 0.15) is 6.04 Å². The van der Waals surface area contributed by atoms with Gasteiger partial charge in [-0.3, -0.25) is 10.1 Å². The van der Waals surface area contributed by atoms with Crippen LogP contribution in [0.1, 0.15) is 12.8 Å². The SMILES string of the molecule is O=C1OC2CC[C@@H]1N2. The highest BCUT2D eigenvalue weighted by Crippen LogP contribution is 2.21. The highest BCUT2D eigenvalue weighted by Gasteiger charge is 2.39. The summed E-state index contributed by atoms with van der Waals surface area (Å²) in [4.78, 5) is 10.6. The summed E-state index contributed by atoms with van der Waals surface area (Å²) in [5, 5.41) is 3.01. The summed E-state index contributed by atoms with van der Waals surface area (Å²) in [5.41, 5.74) is 0. The Balaban J connectivity index is 2.22. The molecule has 2 heterocycles. The Morgan fingerprint density at radius 3 is 2.75 bits per heavy atom. The van der Waals surface area contributed by atoms with Gasteiger partial charge in [0.25, 0.3) is 0 Å². The van der Waals surface area contributed by atoms with E-state index in [-0.39, 0.29) is 18.2 Å². The van der Waals surface area contributed by atoms with Crippen LogP contribution < -0.4 is 5.32 Å². The summed E-state index contributed by atoms with van der Waals surface area (Å²) in [6.07, 6.45) is 2.01. The van der Waals surface area contributed by atoms with E-state index in [2.05, 4.69) is 5.32 Å². The molecule has 0 amide bonds. The number of hydrogen-bond donors (Lipinski definition) is 1. The molecule has 0 aliphatic carbocycles. The van der Waals surface area contributed by atoms with E-state index < -0.39 is 0 Å². The Morgan fingerprint density at radius 2 is 2.50 bits per heavy atom. The summed E-state index contributed by atoms with van der Waals surface area (Å²) in [7, 11) is 0. The van der Waals surface area contributed by atoms with Crippen molar-refractivity contribution in [2.75, 3.05) is 0 Å². The number of esters is 1. The average Bonchev–Trinajstić information content (AvgIpc) is 2.23. The first-order valence-corrected chi connectivity index (χ1v) is 2.83. The third-order valence-corrected chi connectivity index (χ3v) is 1.65. The Kier molecular flexibility index (Phi) is 0.663. The molecule has 2 aliphatic rings. The maximum atomic E-state index is 10.6. The van der Waals surface area contributed by atoms with E-state index in [0.29, 0.717) is 0 Å². The van der Waals surface area contributed by atoms with Gasteiger partial charge in [-0.25, -0.2) is 0 Å². The number of ether oxygens (including phenoxy) is 1. The molecule has 2 atom stereocenters. The first-order valence-electron chi connectivity index (χ1n) is 2.83. The second kappa shape index (κ2) is 1.23. The van der Waals surface area contributed by atoms with E-state index >= 15 is 0 Å². The molecular weight excluding hydrogens is 106 g/mol. The largest absolute Gasteiger partial charge is 0.445 e. The monoisotopic (exact) mass is 113 g/mol. The molecule has 2 saturated heterocycles. The normalized spacial score (nSPS) is 42.8. The van der Waals surface area contributed by atoms with Gasteiger partial charge in [0.05, 0.1) is 0 Å². The van der Waals surface area contributed by atoms with Crippen molar-refractivity contribution in [3.05, 3.63) is 0 Å². The van der Waals surface area contributed by atoms with Crippen molar-refractivity contribution in [1.29, 1.82) is 0 Å². The van der Waals surface area contributed by atoms with Crippen molar-refractivity contribution in [3.8, 4) is 0 Å². The maximum Gasteiger partial charge on any atom is 0.324 e. The fourth-order valence-electron chi connectivity index (χ4n) is 1.21. The lowest BCUT2D eigenvalue weighted by Crippen LogP contribution is -2.22. The topological polar surface area (TPSA) is 38.3 Å². The molecule has 3 nitrogen and oxygen atoms in total. The molecule has 2 aliphatic heterocycles. The number of rotatable bonds is 0. The lowest BCUT2D eigenvalue weighted by Gasteiger charge is -2.05. The van der Waals surface area contributed by atoms with Gasteiger partial charge in [0.2, 0.25) is 0 Å². The molecule has 2 rings (SSSR count). The molecule has 0 aromatic carbocycles. The molecule has 2 fully saturated rings. The van der Waals surface area contributed by atoms with Crippen LogP contribution in [-0.4, -0.2) is 18.2 Å². The fraction of sp³-hybridized carbons (Fsp3) is 0.800. The van der Waals surface area contributed by atoms with Crippen LogP contribution in [0.3, 0.4) is 0 Å². The summed E-state index contributed by atoms with van der Waals surface area (Å²) in [6.45, 7) is 0. The molecule has 2 bridgehead atoms. The van der Waals surface area contributed by atoms with Crippen LogP contribution in [0.25, 0.3) is 0 Å². The minimum absolute atomic E-state index is 0.0278. The predicted molar refractivity (Wildman–Crippen MR) is 26.0 cm³/mol. The third kappa shape index (κ3) is 0.395. The van der Waals surface area contributed by atoms with Crippen molar-refractivity contribution >= 4 is 5.97 Å². The van der Waals surface area contributed by atoms with Crippen molar-refractivity contribution in [1.82, 2.24) is 5.32 Å². The van der Waals surface area contributed by atoms with Crippen LogP contribution in [0.15, 0.2) is 0 Å². The predicted octanol–water partition coefficient (Wildman–Crippen LogP) is -0.379. The number of nitrogens with one attached hydrogen (secondary N) is 1. The zero-order valence-electron chi connectivity index (χ0n) is 4.39. The molecule has 0 aromatic heterocycles. The van der Waals surface area contributed by atoms with Crippen LogP contribution in [0.5, 0.6) is 0 Å². The Hall–Kier alpha value is -0.570. The molecule has 1 unspecified atom stereocenters. The van der Waals surface area contributed by atoms with Crippen LogP contribution >= 0.6 is 0 Å². The van der Waals surface area contributed by atoms with E-state index in [9.17, 15) is 4.79 Å². The third-order valence-electron chi connectivity index (χ3n) is 1.65. The maximum absolute atomic E-state index is 10.6. The molecular formula is C5H7NO2. The molecule has 0 aromatic rings. The minimum atomic E-state index is -0.0683. The van der Waals surface area contributed by atoms with Gasteiger partial charge in [-0.15, -0.1) is 0 Å². The standard InChI is InChI=1S/C5H7NO2/c7-5-3-1-2-4(6-3)8-5/h3-4,6H,1-2H2/t3-,4?/m0/s1. The number of carbonyl (C=O) groups is 1. The lowest BCUT2D eigenvalue weighted by atomic mass is 10.2. The molecule has 0 radical (unpaired) electrons. The van der Waals surface area contributed by atoms with E-state index in [4.69, 9.17) is 4.74 Å². The van der Waals surface area contributed by atoms with E-state index in [0.717, 1.165) is 12.8 Å². The van der Waals surface area contributed by atoms with Crippen LogP contribution in [0.4, 0.5) is 0 Å². The van der Waals surface area contributed by atoms with Crippen molar-refractivity contribution < 1.29 is 9.53 Å². The fourth-order valence-corrected chi connectivity index (χ4v) is 1.21. The Morgan fingerprint density at radius 1 is 1.62 bits per heavy atom. The smallest absolute Gasteiger partial charge is 0.324 e. The molecule has 0 spiro atoms. The highest BCUT2D eigenvalue weighted by molar-refractivity contribution is 5.78. The Labute approximate surface area is 47.0 Å². The van der Waals surface area contributed by atoms with Gasteiger partial charge in [-0.2, -0.15) is 0 Å². The van der Waals surface area contributed by atoms with Gasteiger partial charge in [0.15, 0.2) is 6.23 Å². The van der Waals surface area contributed by atoms with Gasteiger partial charge in [0, 0.05) is 6.42 Å². The number of hydrogen-bond acceptors (Lipinski definition) is 3. The summed E-state index contributed by atoms with van der Waals surface area (Å²) in [5.74, 6) is -0.0683. The van der Waals surface area contributed by atoms with E-state index in [1.54, 1.807) is 0 Å². The van der Waals surface area contributed by atoms with E-state index in [1.165, 1.54) is 0 Å². The second-order valence-corrected chi connectivity index (χ2v) is 2.22. The quantitative estimate of drug-likeness (QED) is 0.435. The van der Waals surface area contributed by atoms with Gasteiger partial charge in [-0.1, -0.05) is 0 Å². The molecule has 44 valence electrons. The highest BCUT2D eigenvalue weighted by atomic mass is 16.6. The van der Waals surface area contributed by atoms with Gasteiger partial charge < -0.3 is 4.74 Å². The van der Waals surface area contributed by atoms with Crippen molar-refractivity contribution in [2.45, 2.75) is 25.1 Å². The van der Waals surface area contributed by atoms with Crippen molar-refractivity contribution in [2.24, 2.45) is 0 Å². The van der Waals surface area contributed by atoms with Crippen LogP contribution in [0.2, 0.25) is 0 Å². The zero-order chi connectivity index (χ0) is 5.56. The molecule has 1 N–H and O–H groups in total. The average molecular weight is 113 g/mol. The summed E-state index contributed by atoms with van der Waals surface area (Å²) >= 11 is 0. The minimum Gasteiger partial charge on any atom is -0.445 e. The summed E-state index contributed by atoms with van der Waals surface area (Å²) in [6, 6.07) is 0.0278. The van der Waals surface area contributed by atoms with Crippen LogP contribution in [0, 0.1) is 0 Å². The molecule has 3 heteroatoms. The van der Waals surface area contributed by atoms with Gasteiger partial charge >= 0.3 is 5.97 Å². The van der Waals surface area contributed by atoms with Crippen molar-refractivity contribution in [3.63, 3.8) is 0 Å².